The average molecular weight is 495 g/mol. The maximum absolute atomic E-state index is 11.9. The van der Waals surface area contributed by atoms with Crippen molar-refractivity contribution >= 4 is 55.1 Å². The van der Waals surface area contributed by atoms with Gasteiger partial charge in [-0.05, 0) is 48.4 Å². The number of nitrogens with one attached hydrogen (secondary N) is 2. The Balaban J connectivity index is 1.78. The van der Waals surface area contributed by atoms with Crippen LogP contribution in [0.1, 0.15) is 24.1 Å². The van der Waals surface area contributed by atoms with Gasteiger partial charge in [0.25, 0.3) is 5.95 Å². The summed E-state index contributed by atoms with van der Waals surface area (Å²) in [5.41, 5.74) is 2.76. The molecule has 150 valence electrons. The van der Waals surface area contributed by atoms with Crippen LogP contribution in [-0.4, -0.2) is 28.9 Å². The Labute approximate surface area is 182 Å². The first-order valence-electron chi connectivity index (χ1n) is 8.82. The fourth-order valence-corrected chi connectivity index (χ4v) is 3.84. The molecule has 0 radical (unpaired) electrons. The molecule has 0 saturated heterocycles. The highest BCUT2D eigenvalue weighted by Crippen LogP contribution is 2.34. The van der Waals surface area contributed by atoms with E-state index in [0.717, 1.165) is 21.3 Å². The largest absolute Gasteiger partial charge is 0.324 e. The molecule has 2 aromatic carbocycles. The third-order valence-corrected chi connectivity index (χ3v) is 6.49. The molecule has 1 aliphatic heterocycles. The fourth-order valence-electron chi connectivity index (χ4n) is 2.94. The minimum atomic E-state index is -3.49. The number of sulfonamides is 1. The molecule has 2 heterocycles. The molecule has 0 saturated carbocycles. The first-order chi connectivity index (χ1) is 13.8. The molecular weight excluding hydrogens is 478 g/mol. The molecule has 0 bridgehead atoms. The molecule has 2 N–H and O–H groups in total. The van der Waals surface area contributed by atoms with Crippen LogP contribution < -0.4 is 10.0 Å². The number of fused-ring (bicyclic) bond motifs is 1. The minimum absolute atomic E-state index is 0.0266. The maximum Gasteiger partial charge on any atom is 0.257 e. The number of rotatable bonds is 5. The lowest BCUT2D eigenvalue weighted by molar-refractivity contribution is 0.599. The van der Waals surface area contributed by atoms with E-state index in [2.05, 4.69) is 36.1 Å². The zero-order valence-electron chi connectivity index (χ0n) is 15.3. The van der Waals surface area contributed by atoms with E-state index in [9.17, 15) is 8.42 Å². The number of allylic oxidation sites excluding steroid dienone is 1. The van der Waals surface area contributed by atoms with Gasteiger partial charge < -0.3 is 5.32 Å². The molecule has 0 fully saturated rings. The smallest absolute Gasteiger partial charge is 0.257 e. The average Bonchev–Trinajstić information content (AvgIpc) is 3.10. The fraction of sp³-hybridized carbons (Fsp3) is 0.158. The molecule has 1 aliphatic rings. The van der Waals surface area contributed by atoms with Gasteiger partial charge in [0.2, 0.25) is 16.0 Å². The van der Waals surface area contributed by atoms with Crippen LogP contribution in [0, 0.1) is 0 Å². The molecule has 4 rings (SSSR count). The molecule has 3 aromatic rings. The predicted octanol–water partition coefficient (Wildman–Crippen LogP) is 4.51. The lowest BCUT2D eigenvalue weighted by atomic mass is 10.0. The minimum Gasteiger partial charge on any atom is -0.324 e. The van der Waals surface area contributed by atoms with E-state index >= 15 is 0 Å². The van der Waals surface area contributed by atoms with E-state index in [-0.39, 0.29) is 17.7 Å². The molecular formula is C19H17BrClN5O2S. The molecule has 29 heavy (non-hydrogen) atoms. The van der Waals surface area contributed by atoms with Crippen molar-refractivity contribution in [2.45, 2.75) is 13.0 Å². The number of benzene rings is 2. The Kier molecular flexibility index (Phi) is 5.37. The third kappa shape index (κ3) is 4.31. The Hall–Kier alpha value is -2.36. The van der Waals surface area contributed by atoms with E-state index < -0.39 is 10.0 Å². The van der Waals surface area contributed by atoms with E-state index in [0.29, 0.717) is 11.0 Å². The number of hydrogen-bond acceptors (Lipinski definition) is 5. The number of nitrogens with zero attached hydrogens (tertiary/aromatic N) is 3. The van der Waals surface area contributed by atoms with Crippen LogP contribution in [-0.2, 0) is 10.0 Å². The van der Waals surface area contributed by atoms with Crippen LogP contribution in [0.15, 0.2) is 59.1 Å². The second-order valence-electron chi connectivity index (χ2n) is 6.42. The molecule has 0 amide bonds. The third-order valence-electron chi connectivity index (χ3n) is 4.46. The van der Waals surface area contributed by atoms with Crippen LogP contribution in [0.5, 0.6) is 0 Å². The zero-order valence-corrected chi connectivity index (χ0v) is 18.5. The topological polar surface area (TPSA) is 88.9 Å². The summed E-state index contributed by atoms with van der Waals surface area (Å²) >= 11 is 9.48. The molecule has 1 unspecified atom stereocenters. The predicted molar refractivity (Wildman–Crippen MR) is 118 cm³/mol. The molecule has 0 aliphatic carbocycles. The molecule has 1 aromatic heterocycles. The van der Waals surface area contributed by atoms with Gasteiger partial charge in [0.1, 0.15) is 6.04 Å². The van der Waals surface area contributed by atoms with Crippen LogP contribution in [0.4, 0.5) is 11.9 Å². The summed E-state index contributed by atoms with van der Waals surface area (Å²) in [6.07, 6.45) is 2.02. The number of aromatic nitrogens is 3. The van der Waals surface area contributed by atoms with Gasteiger partial charge >= 0.3 is 0 Å². The van der Waals surface area contributed by atoms with E-state index in [1.165, 1.54) is 0 Å². The highest BCUT2D eigenvalue weighted by Gasteiger charge is 2.26. The van der Waals surface area contributed by atoms with Gasteiger partial charge in [-0.2, -0.15) is 4.98 Å². The van der Waals surface area contributed by atoms with Crippen molar-refractivity contribution in [3.8, 4) is 0 Å². The summed E-state index contributed by atoms with van der Waals surface area (Å²) in [6.45, 7) is 1.56. The highest BCUT2D eigenvalue weighted by molar-refractivity contribution is 9.10. The summed E-state index contributed by atoms with van der Waals surface area (Å²) in [5.74, 6) is 0.408. The van der Waals surface area contributed by atoms with Gasteiger partial charge in [0.15, 0.2) is 0 Å². The summed E-state index contributed by atoms with van der Waals surface area (Å²) in [6, 6.07) is 15.0. The second kappa shape index (κ2) is 7.81. The van der Waals surface area contributed by atoms with Crippen molar-refractivity contribution in [1.82, 2.24) is 14.8 Å². The quantitative estimate of drug-likeness (QED) is 0.545. The van der Waals surface area contributed by atoms with E-state index in [1.807, 2.05) is 54.6 Å². The molecule has 7 nitrogen and oxygen atoms in total. The maximum atomic E-state index is 11.9. The van der Waals surface area contributed by atoms with Crippen molar-refractivity contribution in [2.75, 3.05) is 15.8 Å². The van der Waals surface area contributed by atoms with Crippen molar-refractivity contribution in [3.63, 3.8) is 0 Å². The Morgan fingerprint density at radius 2 is 1.86 bits per heavy atom. The van der Waals surface area contributed by atoms with Gasteiger partial charge in [-0.1, -0.05) is 51.8 Å². The van der Waals surface area contributed by atoms with Gasteiger partial charge in [0.05, 0.1) is 5.75 Å². The van der Waals surface area contributed by atoms with Crippen molar-refractivity contribution < 1.29 is 8.42 Å². The Morgan fingerprint density at radius 3 is 2.52 bits per heavy atom. The number of halogens is 2. The van der Waals surface area contributed by atoms with E-state index in [1.54, 1.807) is 11.6 Å². The number of anilines is 2. The lowest BCUT2D eigenvalue weighted by Crippen LogP contribution is -2.20. The van der Waals surface area contributed by atoms with Gasteiger partial charge in [0, 0.05) is 15.2 Å². The van der Waals surface area contributed by atoms with Crippen LogP contribution in [0.2, 0.25) is 5.02 Å². The lowest BCUT2D eigenvalue weighted by Gasteiger charge is -2.24. The summed E-state index contributed by atoms with van der Waals surface area (Å²) < 4.78 is 28.9. The van der Waals surface area contributed by atoms with Gasteiger partial charge in [-0.3, -0.25) is 0 Å². The number of hydrogen-bond donors (Lipinski definition) is 2. The highest BCUT2D eigenvalue weighted by atomic mass is 79.9. The van der Waals surface area contributed by atoms with Crippen LogP contribution in [0.3, 0.4) is 0 Å². The SMILES string of the molecule is CCS(=O)(=O)Nc1nc2n(n1)C(c1ccc(Cl)cc1)C=C(c1ccc(Br)cc1)N2. The van der Waals surface area contributed by atoms with Gasteiger partial charge in [-0.15, -0.1) is 5.10 Å². The van der Waals surface area contributed by atoms with Crippen molar-refractivity contribution in [3.05, 3.63) is 75.2 Å². The van der Waals surface area contributed by atoms with Crippen LogP contribution in [0.25, 0.3) is 5.70 Å². The zero-order chi connectivity index (χ0) is 20.6. The monoisotopic (exact) mass is 493 g/mol. The standard InChI is InChI=1S/C19H17BrClN5O2S/c1-2-29(27,28)25-18-23-19-22-16(12-3-7-14(20)8-4-12)11-17(26(19)24-18)13-5-9-15(21)10-6-13/h3-11,17H,2H2,1H3,(H2,22,23,24,25). The van der Waals surface area contributed by atoms with E-state index in [4.69, 9.17) is 11.6 Å². The summed E-state index contributed by atoms with van der Waals surface area (Å²) in [4.78, 5) is 4.34. The molecule has 0 spiro atoms. The molecule has 10 heteroatoms. The first kappa shape index (κ1) is 19.9. The normalized spacial score (nSPS) is 16.0. The Bertz CT molecular complexity index is 1170. The van der Waals surface area contributed by atoms with Crippen LogP contribution >= 0.6 is 27.5 Å². The first-order valence-corrected chi connectivity index (χ1v) is 11.6. The van der Waals surface area contributed by atoms with Crippen molar-refractivity contribution in [1.29, 1.82) is 0 Å². The van der Waals surface area contributed by atoms with Gasteiger partial charge in [-0.25, -0.2) is 17.8 Å². The Morgan fingerprint density at radius 1 is 1.17 bits per heavy atom. The molecule has 1 atom stereocenters. The summed E-state index contributed by atoms with van der Waals surface area (Å²) in [5, 5.41) is 8.25. The second-order valence-corrected chi connectivity index (χ2v) is 9.78. The van der Waals surface area contributed by atoms with Crippen molar-refractivity contribution in [2.24, 2.45) is 0 Å². The summed E-state index contributed by atoms with van der Waals surface area (Å²) in [7, 11) is -3.49.